The average Bonchev–Trinajstić information content (AvgIpc) is 2.70. The predicted molar refractivity (Wildman–Crippen MR) is 116 cm³/mol. The standard InChI is InChI=1S/C22H30N4O.ClH/c1-3-12-26(16-19-8-6-18(2)7-9-19)22(27)17-25-13-11-24-15-21(25)20-5-4-10-23-14-20;/h4-10,14,21,24H,3,11-13,15-17H2,1-2H3;1H. The number of nitrogens with zero attached hydrogens (tertiary/aromatic N) is 3. The van der Waals surface area contributed by atoms with Gasteiger partial charge in [-0.3, -0.25) is 14.7 Å². The number of aryl methyl sites for hydroxylation is 1. The van der Waals surface area contributed by atoms with Crippen LogP contribution < -0.4 is 5.32 Å². The summed E-state index contributed by atoms with van der Waals surface area (Å²) < 4.78 is 0. The predicted octanol–water partition coefficient (Wildman–Crippen LogP) is 3.20. The second-order valence-electron chi connectivity index (χ2n) is 7.28. The molecule has 0 spiro atoms. The van der Waals surface area contributed by atoms with Gasteiger partial charge in [-0.15, -0.1) is 12.4 Å². The quantitative estimate of drug-likeness (QED) is 0.772. The van der Waals surface area contributed by atoms with Crippen molar-refractivity contribution in [2.45, 2.75) is 32.9 Å². The molecule has 0 bridgehead atoms. The van der Waals surface area contributed by atoms with Crippen LogP contribution in [0.2, 0.25) is 0 Å². The van der Waals surface area contributed by atoms with Crippen molar-refractivity contribution in [3.63, 3.8) is 0 Å². The highest BCUT2D eigenvalue weighted by atomic mass is 35.5. The monoisotopic (exact) mass is 402 g/mol. The molecular weight excluding hydrogens is 372 g/mol. The summed E-state index contributed by atoms with van der Waals surface area (Å²) in [4.78, 5) is 21.6. The molecule has 1 fully saturated rings. The molecular formula is C22H31ClN4O. The van der Waals surface area contributed by atoms with Crippen LogP contribution in [0.5, 0.6) is 0 Å². The number of carbonyl (C=O) groups excluding carboxylic acids is 1. The molecule has 0 aliphatic carbocycles. The molecule has 1 aliphatic rings. The fourth-order valence-electron chi connectivity index (χ4n) is 3.59. The number of hydrogen-bond acceptors (Lipinski definition) is 4. The lowest BCUT2D eigenvalue weighted by molar-refractivity contribution is -0.134. The molecule has 1 atom stereocenters. The van der Waals surface area contributed by atoms with Gasteiger partial charge in [-0.1, -0.05) is 42.8 Å². The van der Waals surface area contributed by atoms with Crippen molar-refractivity contribution in [3.05, 3.63) is 65.5 Å². The second-order valence-corrected chi connectivity index (χ2v) is 7.28. The van der Waals surface area contributed by atoms with Gasteiger partial charge in [0.1, 0.15) is 0 Å². The lowest BCUT2D eigenvalue weighted by Gasteiger charge is -2.37. The SMILES string of the molecule is CCCN(Cc1ccc(C)cc1)C(=O)CN1CCNCC1c1cccnc1.Cl. The minimum absolute atomic E-state index is 0. The molecule has 3 rings (SSSR count). The van der Waals surface area contributed by atoms with E-state index in [-0.39, 0.29) is 24.4 Å². The summed E-state index contributed by atoms with van der Waals surface area (Å²) in [7, 11) is 0. The van der Waals surface area contributed by atoms with Crippen molar-refractivity contribution < 1.29 is 4.79 Å². The summed E-state index contributed by atoms with van der Waals surface area (Å²) in [6, 6.07) is 12.7. The van der Waals surface area contributed by atoms with Gasteiger partial charge in [-0.2, -0.15) is 0 Å². The van der Waals surface area contributed by atoms with Gasteiger partial charge in [0.2, 0.25) is 5.91 Å². The summed E-state index contributed by atoms with van der Waals surface area (Å²) in [5.41, 5.74) is 3.59. The van der Waals surface area contributed by atoms with Crippen molar-refractivity contribution in [3.8, 4) is 0 Å². The highest BCUT2D eigenvalue weighted by Crippen LogP contribution is 2.21. The average molecular weight is 403 g/mol. The first-order chi connectivity index (χ1) is 13.2. The topological polar surface area (TPSA) is 48.5 Å². The molecule has 1 saturated heterocycles. The lowest BCUT2D eigenvalue weighted by atomic mass is 10.1. The molecule has 1 N–H and O–H groups in total. The molecule has 2 aromatic rings. The van der Waals surface area contributed by atoms with Crippen LogP contribution in [0.1, 0.15) is 36.1 Å². The molecule has 1 aromatic heterocycles. The van der Waals surface area contributed by atoms with E-state index >= 15 is 0 Å². The largest absolute Gasteiger partial charge is 0.337 e. The Labute approximate surface area is 174 Å². The number of piperazine rings is 1. The van der Waals surface area contributed by atoms with E-state index in [4.69, 9.17) is 0 Å². The highest BCUT2D eigenvalue weighted by Gasteiger charge is 2.27. The zero-order valence-corrected chi connectivity index (χ0v) is 17.6. The normalized spacial score (nSPS) is 17.0. The summed E-state index contributed by atoms with van der Waals surface area (Å²) in [6.07, 6.45) is 4.66. The minimum Gasteiger partial charge on any atom is -0.337 e. The number of amides is 1. The highest BCUT2D eigenvalue weighted by molar-refractivity contribution is 5.85. The Morgan fingerprint density at radius 2 is 2.07 bits per heavy atom. The van der Waals surface area contributed by atoms with Gasteiger partial charge >= 0.3 is 0 Å². The van der Waals surface area contributed by atoms with Crippen LogP contribution in [0.3, 0.4) is 0 Å². The van der Waals surface area contributed by atoms with Crippen molar-refractivity contribution in [2.75, 3.05) is 32.7 Å². The first-order valence-corrected chi connectivity index (χ1v) is 9.85. The van der Waals surface area contributed by atoms with Gasteiger partial charge in [-0.25, -0.2) is 0 Å². The Bertz CT molecular complexity index is 723. The summed E-state index contributed by atoms with van der Waals surface area (Å²) in [6.45, 7) is 8.76. The van der Waals surface area contributed by atoms with Crippen molar-refractivity contribution in [2.24, 2.45) is 0 Å². The number of benzene rings is 1. The van der Waals surface area contributed by atoms with Crippen LogP contribution in [-0.2, 0) is 11.3 Å². The molecule has 6 heteroatoms. The van der Waals surface area contributed by atoms with E-state index in [1.807, 2.05) is 17.2 Å². The van der Waals surface area contributed by atoms with E-state index in [0.29, 0.717) is 13.1 Å². The Hall–Kier alpha value is -1.95. The maximum atomic E-state index is 13.1. The van der Waals surface area contributed by atoms with Gasteiger partial charge in [0.25, 0.3) is 0 Å². The molecule has 1 unspecified atom stereocenters. The van der Waals surface area contributed by atoms with Gasteiger partial charge in [0.05, 0.1) is 6.54 Å². The maximum Gasteiger partial charge on any atom is 0.237 e. The van der Waals surface area contributed by atoms with E-state index in [9.17, 15) is 4.79 Å². The fourth-order valence-corrected chi connectivity index (χ4v) is 3.59. The first kappa shape index (κ1) is 22.3. The molecule has 1 aliphatic heterocycles. The smallest absolute Gasteiger partial charge is 0.237 e. The third-order valence-corrected chi connectivity index (χ3v) is 5.10. The molecule has 2 heterocycles. The number of halogens is 1. The third-order valence-electron chi connectivity index (χ3n) is 5.10. The van der Waals surface area contributed by atoms with Gasteiger partial charge in [0, 0.05) is 51.2 Å². The van der Waals surface area contributed by atoms with Gasteiger partial charge < -0.3 is 10.2 Å². The van der Waals surface area contributed by atoms with Crippen molar-refractivity contribution in [1.82, 2.24) is 20.1 Å². The molecule has 0 radical (unpaired) electrons. The second kappa shape index (κ2) is 11.1. The Morgan fingerprint density at radius 1 is 1.29 bits per heavy atom. The molecule has 28 heavy (non-hydrogen) atoms. The first-order valence-electron chi connectivity index (χ1n) is 9.85. The number of pyridine rings is 1. The van der Waals surface area contributed by atoms with Crippen LogP contribution in [0.4, 0.5) is 0 Å². The van der Waals surface area contributed by atoms with Crippen molar-refractivity contribution in [1.29, 1.82) is 0 Å². The van der Waals surface area contributed by atoms with E-state index in [1.54, 1.807) is 6.20 Å². The zero-order chi connectivity index (χ0) is 19.1. The molecule has 1 amide bonds. The molecule has 0 saturated carbocycles. The third kappa shape index (κ3) is 6.03. The molecule has 5 nitrogen and oxygen atoms in total. The Kier molecular flexibility index (Phi) is 8.90. The number of rotatable bonds is 7. The van der Waals surface area contributed by atoms with Gasteiger partial charge in [0.15, 0.2) is 0 Å². The number of hydrogen-bond donors (Lipinski definition) is 1. The van der Waals surface area contributed by atoms with Crippen LogP contribution in [0.15, 0.2) is 48.8 Å². The Morgan fingerprint density at radius 3 is 2.75 bits per heavy atom. The lowest BCUT2D eigenvalue weighted by Crippen LogP contribution is -2.50. The van der Waals surface area contributed by atoms with Crippen molar-refractivity contribution >= 4 is 18.3 Å². The number of carbonyl (C=O) groups is 1. The Balaban J connectivity index is 0.00000280. The van der Waals surface area contributed by atoms with E-state index in [0.717, 1.165) is 38.2 Å². The van der Waals surface area contributed by atoms with E-state index in [1.165, 1.54) is 11.1 Å². The molecule has 1 aromatic carbocycles. The molecule has 152 valence electrons. The zero-order valence-electron chi connectivity index (χ0n) is 16.8. The minimum atomic E-state index is 0. The van der Waals surface area contributed by atoms with Gasteiger partial charge in [-0.05, 0) is 30.5 Å². The number of aromatic nitrogens is 1. The summed E-state index contributed by atoms with van der Waals surface area (Å²) in [5.74, 6) is 0.202. The fraction of sp³-hybridized carbons (Fsp3) is 0.455. The number of nitrogens with one attached hydrogen (secondary N) is 1. The van der Waals surface area contributed by atoms with Crippen LogP contribution in [-0.4, -0.2) is 53.4 Å². The maximum absolute atomic E-state index is 13.1. The van der Waals surface area contributed by atoms with Crippen LogP contribution in [0.25, 0.3) is 0 Å². The van der Waals surface area contributed by atoms with Crippen LogP contribution in [0, 0.1) is 6.92 Å². The van der Waals surface area contributed by atoms with E-state index in [2.05, 4.69) is 59.4 Å². The summed E-state index contributed by atoms with van der Waals surface area (Å²) >= 11 is 0. The van der Waals surface area contributed by atoms with Crippen LogP contribution >= 0.6 is 12.4 Å². The van der Waals surface area contributed by atoms with E-state index < -0.39 is 0 Å². The summed E-state index contributed by atoms with van der Waals surface area (Å²) in [5, 5.41) is 3.44.